The number of aliphatic hydroxyl groups excluding tert-OH is 1. The maximum absolute atomic E-state index is 9.06. The molecule has 1 aliphatic carbocycles. The molecule has 0 spiro atoms. The van der Waals surface area contributed by atoms with Gasteiger partial charge in [0.25, 0.3) is 0 Å². The van der Waals surface area contributed by atoms with Gasteiger partial charge in [0, 0.05) is 31.1 Å². The van der Waals surface area contributed by atoms with Crippen molar-refractivity contribution in [1.29, 1.82) is 0 Å². The molecule has 2 N–H and O–H groups in total. The predicted molar refractivity (Wildman–Crippen MR) is 89.1 cm³/mol. The molecule has 0 amide bonds. The lowest BCUT2D eigenvalue weighted by Gasteiger charge is -2.29. The number of aliphatic hydroxyl groups is 1. The van der Waals surface area contributed by atoms with E-state index >= 15 is 0 Å². The summed E-state index contributed by atoms with van der Waals surface area (Å²) >= 11 is 0. The van der Waals surface area contributed by atoms with Gasteiger partial charge < -0.3 is 15.3 Å². The number of rotatable bonds is 5. The van der Waals surface area contributed by atoms with Gasteiger partial charge in [0.15, 0.2) is 0 Å². The Labute approximate surface area is 126 Å². The van der Waals surface area contributed by atoms with E-state index in [2.05, 4.69) is 34.3 Å². The lowest BCUT2D eigenvalue weighted by molar-refractivity contribution is 0.290. The third kappa shape index (κ3) is 3.21. The molecule has 1 aromatic rings. The highest BCUT2D eigenvalue weighted by molar-refractivity contribution is 5.84. The second kappa shape index (κ2) is 6.48. The molecule has 0 aromatic heterocycles. The van der Waals surface area contributed by atoms with Gasteiger partial charge in [0.1, 0.15) is 0 Å². The summed E-state index contributed by atoms with van der Waals surface area (Å²) in [4.78, 5) is 6.83. The van der Waals surface area contributed by atoms with Gasteiger partial charge in [-0.1, -0.05) is 12.8 Å². The van der Waals surface area contributed by atoms with Crippen molar-refractivity contribution in [3.05, 3.63) is 17.7 Å². The van der Waals surface area contributed by atoms with Gasteiger partial charge in [-0.15, -0.1) is 0 Å². The standard InChI is InChI=1S/C17H25N3O/c1-13-11-16-17(20(8-4-10-21)9-7-18-16)12-15(13)19-14-5-2-3-6-14/h7,11-12,14,19,21H,2-6,8-10H2,1H3. The second-order valence-corrected chi connectivity index (χ2v) is 6.12. The van der Waals surface area contributed by atoms with Crippen LogP contribution >= 0.6 is 0 Å². The Morgan fingerprint density at radius 1 is 1.33 bits per heavy atom. The molecule has 4 nitrogen and oxygen atoms in total. The predicted octanol–water partition coefficient (Wildman–Crippen LogP) is 3.25. The molecule has 1 aliphatic heterocycles. The molecule has 1 fully saturated rings. The Bertz CT molecular complexity index is 521. The number of hydrogen-bond acceptors (Lipinski definition) is 4. The Morgan fingerprint density at radius 2 is 2.14 bits per heavy atom. The van der Waals surface area contributed by atoms with E-state index in [1.807, 2.05) is 6.21 Å². The van der Waals surface area contributed by atoms with Crippen molar-refractivity contribution in [2.45, 2.75) is 45.1 Å². The highest BCUT2D eigenvalue weighted by atomic mass is 16.3. The first-order chi connectivity index (χ1) is 10.3. The number of benzene rings is 1. The van der Waals surface area contributed by atoms with E-state index in [4.69, 9.17) is 5.11 Å². The average Bonchev–Trinajstić information content (AvgIpc) is 2.99. The number of hydrogen-bond donors (Lipinski definition) is 2. The fraction of sp³-hybridized carbons (Fsp3) is 0.588. The highest BCUT2D eigenvalue weighted by Crippen LogP contribution is 2.37. The molecule has 4 heteroatoms. The van der Waals surface area contributed by atoms with Crippen LogP contribution in [0.3, 0.4) is 0 Å². The minimum atomic E-state index is 0.238. The molecule has 1 aromatic carbocycles. The summed E-state index contributed by atoms with van der Waals surface area (Å²) in [5.74, 6) is 0. The van der Waals surface area contributed by atoms with Crippen molar-refractivity contribution < 1.29 is 5.11 Å². The molecule has 1 heterocycles. The van der Waals surface area contributed by atoms with Crippen LogP contribution in [0.15, 0.2) is 17.1 Å². The maximum atomic E-state index is 9.06. The Kier molecular flexibility index (Phi) is 4.44. The van der Waals surface area contributed by atoms with Crippen molar-refractivity contribution in [2.24, 2.45) is 4.99 Å². The van der Waals surface area contributed by atoms with Gasteiger partial charge in [-0.2, -0.15) is 0 Å². The summed E-state index contributed by atoms with van der Waals surface area (Å²) in [5, 5.41) is 12.8. The van der Waals surface area contributed by atoms with E-state index in [0.29, 0.717) is 6.04 Å². The van der Waals surface area contributed by atoms with Crippen LogP contribution in [-0.2, 0) is 0 Å². The topological polar surface area (TPSA) is 47.9 Å². The highest BCUT2D eigenvalue weighted by Gasteiger charge is 2.19. The van der Waals surface area contributed by atoms with E-state index in [1.54, 1.807) is 0 Å². The fourth-order valence-electron chi connectivity index (χ4n) is 3.29. The van der Waals surface area contributed by atoms with Crippen LogP contribution in [0.1, 0.15) is 37.7 Å². The minimum absolute atomic E-state index is 0.238. The molecule has 0 bridgehead atoms. The summed E-state index contributed by atoms with van der Waals surface area (Å²) < 4.78 is 0. The molecule has 0 saturated heterocycles. The van der Waals surface area contributed by atoms with Crippen LogP contribution in [0, 0.1) is 6.92 Å². The van der Waals surface area contributed by atoms with Crippen LogP contribution in [0.4, 0.5) is 17.1 Å². The van der Waals surface area contributed by atoms with E-state index in [-0.39, 0.29) is 6.61 Å². The normalized spacial score (nSPS) is 18.1. The van der Waals surface area contributed by atoms with Crippen LogP contribution in [0.25, 0.3) is 0 Å². The van der Waals surface area contributed by atoms with E-state index in [9.17, 15) is 0 Å². The molecular weight excluding hydrogens is 262 g/mol. The summed E-state index contributed by atoms with van der Waals surface area (Å²) in [6.45, 7) is 4.10. The summed E-state index contributed by atoms with van der Waals surface area (Å²) in [6.07, 6.45) is 8.00. The Morgan fingerprint density at radius 3 is 2.90 bits per heavy atom. The molecule has 114 valence electrons. The zero-order chi connectivity index (χ0) is 14.7. The first-order valence-electron chi connectivity index (χ1n) is 8.07. The Balaban J connectivity index is 1.83. The SMILES string of the molecule is Cc1cc2c(cc1NC1CCCC1)N(CCCO)CC=N2. The first-order valence-corrected chi connectivity index (χ1v) is 8.07. The van der Waals surface area contributed by atoms with Gasteiger partial charge in [0.2, 0.25) is 0 Å². The lowest BCUT2D eigenvalue weighted by atomic mass is 10.1. The van der Waals surface area contributed by atoms with Gasteiger partial charge >= 0.3 is 0 Å². The zero-order valence-corrected chi connectivity index (χ0v) is 12.8. The van der Waals surface area contributed by atoms with Crippen LogP contribution in [0.5, 0.6) is 0 Å². The molecule has 0 unspecified atom stereocenters. The molecule has 1 saturated carbocycles. The average molecular weight is 287 g/mol. The Hall–Kier alpha value is -1.55. The fourth-order valence-corrected chi connectivity index (χ4v) is 3.29. The molecule has 0 radical (unpaired) electrons. The van der Waals surface area contributed by atoms with Crippen LogP contribution in [0.2, 0.25) is 0 Å². The molecule has 21 heavy (non-hydrogen) atoms. The van der Waals surface area contributed by atoms with E-state index < -0.39 is 0 Å². The van der Waals surface area contributed by atoms with Crippen molar-refractivity contribution in [2.75, 3.05) is 29.9 Å². The largest absolute Gasteiger partial charge is 0.396 e. The molecular formula is C17H25N3O. The van der Waals surface area contributed by atoms with E-state index in [0.717, 1.165) is 25.2 Å². The first kappa shape index (κ1) is 14.4. The van der Waals surface area contributed by atoms with Gasteiger partial charge in [-0.25, -0.2) is 0 Å². The number of aliphatic imine (C=N–C) groups is 1. The van der Waals surface area contributed by atoms with Crippen molar-refractivity contribution in [3.63, 3.8) is 0 Å². The number of anilines is 2. The number of nitrogens with zero attached hydrogens (tertiary/aromatic N) is 2. The van der Waals surface area contributed by atoms with E-state index in [1.165, 1.54) is 42.6 Å². The molecule has 3 rings (SSSR count). The van der Waals surface area contributed by atoms with Crippen molar-refractivity contribution >= 4 is 23.3 Å². The zero-order valence-electron chi connectivity index (χ0n) is 12.8. The summed E-state index contributed by atoms with van der Waals surface area (Å²) in [7, 11) is 0. The second-order valence-electron chi connectivity index (χ2n) is 6.12. The van der Waals surface area contributed by atoms with Crippen LogP contribution < -0.4 is 10.2 Å². The van der Waals surface area contributed by atoms with Crippen LogP contribution in [-0.4, -0.2) is 37.1 Å². The molecule has 2 aliphatic rings. The summed E-state index contributed by atoms with van der Waals surface area (Å²) in [6, 6.07) is 5.05. The quantitative estimate of drug-likeness (QED) is 0.874. The van der Waals surface area contributed by atoms with Gasteiger partial charge in [-0.3, -0.25) is 4.99 Å². The number of aryl methyl sites for hydroxylation is 1. The third-order valence-electron chi connectivity index (χ3n) is 4.50. The van der Waals surface area contributed by atoms with Crippen molar-refractivity contribution in [3.8, 4) is 0 Å². The van der Waals surface area contributed by atoms with Gasteiger partial charge in [-0.05, 0) is 43.9 Å². The van der Waals surface area contributed by atoms with Crippen molar-refractivity contribution in [1.82, 2.24) is 0 Å². The summed E-state index contributed by atoms with van der Waals surface area (Å²) in [5.41, 5.74) is 4.75. The lowest BCUT2D eigenvalue weighted by Crippen LogP contribution is -2.29. The van der Waals surface area contributed by atoms with Gasteiger partial charge in [0.05, 0.1) is 17.9 Å². The number of nitrogens with one attached hydrogen (secondary N) is 1. The molecule has 0 atom stereocenters. The maximum Gasteiger partial charge on any atom is 0.0864 e. The smallest absolute Gasteiger partial charge is 0.0864 e. The monoisotopic (exact) mass is 287 g/mol. The number of fused-ring (bicyclic) bond motifs is 1. The minimum Gasteiger partial charge on any atom is -0.396 e. The third-order valence-corrected chi connectivity index (χ3v) is 4.50.